The van der Waals surface area contributed by atoms with Crippen LogP contribution in [0.1, 0.15) is 28.8 Å². The molecule has 8 heteroatoms. The van der Waals surface area contributed by atoms with Crippen molar-refractivity contribution in [1.82, 2.24) is 14.8 Å². The van der Waals surface area contributed by atoms with E-state index in [2.05, 4.69) is 15.4 Å². The molecule has 0 amide bonds. The van der Waals surface area contributed by atoms with Crippen molar-refractivity contribution in [3.63, 3.8) is 0 Å². The topological polar surface area (TPSA) is 79.7 Å². The Morgan fingerprint density at radius 1 is 0.886 bits per heavy atom. The highest BCUT2D eigenvalue weighted by molar-refractivity contribution is 5.85. The maximum atomic E-state index is 6.70. The third kappa shape index (κ3) is 3.37. The molecule has 3 aromatic carbocycles. The van der Waals surface area contributed by atoms with E-state index in [0.29, 0.717) is 11.7 Å². The zero-order valence-corrected chi connectivity index (χ0v) is 19.6. The minimum Gasteiger partial charge on any atom is -0.497 e. The Labute approximate surface area is 202 Å². The van der Waals surface area contributed by atoms with Gasteiger partial charge in [0.05, 0.1) is 27.0 Å². The number of nitrogens with zero attached hydrogens (tertiary/aromatic N) is 3. The van der Waals surface area contributed by atoms with Gasteiger partial charge in [0.2, 0.25) is 5.95 Å². The molecule has 0 aliphatic carbocycles. The number of anilines is 1. The van der Waals surface area contributed by atoms with E-state index in [0.717, 1.165) is 45.2 Å². The first-order valence-electron chi connectivity index (χ1n) is 11.2. The number of nitrogens with one attached hydrogen (secondary N) is 1. The van der Waals surface area contributed by atoms with Crippen molar-refractivity contribution < 1.29 is 18.9 Å². The third-order valence-corrected chi connectivity index (χ3v) is 6.47. The SMILES string of the molecule is COc1ccc([C@H]2C3=C(Nc4ncnn42)c2ccccc2O[C@@H]3c2cc(OC)ccc2OC)cc1. The summed E-state index contributed by atoms with van der Waals surface area (Å²) in [5, 5.41) is 8.09. The summed E-state index contributed by atoms with van der Waals surface area (Å²) in [4.78, 5) is 4.49. The minimum atomic E-state index is -0.470. The predicted molar refractivity (Wildman–Crippen MR) is 131 cm³/mol. The number of fused-ring (bicyclic) bond motifs is 3. The van der Waals surface area contributed by atoms with Gasteiger partial charge in [0.15, 0.2) is 6.10 Å². The second-order valence-electron chi connectivity index (χ2n) is 8.26. The fourth-order valence-electron chi connectivity index (χ4n) is 4.83. The van der Waals surface area contributed by atoms with Gasteiger partial charge >= 0.3 is 0 Å². The molecular formula is C27H24N4O4. The van der Waals surface area contributed by atoms with Gasteiger partial charge in [-0.3, -0.25) is 0 Å². The van der Waals surface area contributed by atoms with Gasteiger partial charge in [-0.2, -0.15) is 10.1 Å². The standard InChI is InChI=1S/C27H24N4O4/c1-32-17-10-8-16(9-11-17)25-23-24(30-27-28-15-29-31(25)27)19-6-4-5-7-22(19)35-26(23)20-14-18(33-2)12-13-21(20)34-3/h4-15,25-26H,1-3H3,(H,28,29,30)/t25-,26+/m0/s1. The summed E-state index contributed by atoms with van der Waals surface area (Å²) in [5.74, 6) is 3.65. The Kier molecular flexibility index (Phi) is 5.06. The molecule has 2 aliphatic rings. The number of aromatic nitrogens is 3. The van der Waals surface area contributed by atoms with Crippen LogP contribution in [0.25, 0.3) is 5.70 Å². The average Bonchev–Trinajstić information content (AvgIpc) is 3.39. The number of benzene rings is 3. The number of hydrogen-bond acceptors (Lipinski definition) is 7. The molecule has 2 atom stereocenters. The van der Waals surface area contributed by atoms with Crippen molar-refractivity contribution in [3.8, 4) is 23.0 Å². The van der Waals surface area contributed by atoms with E-state index in [1.807, 2.05) is 71.4 Å². The van der Waals surface area contributed by atoms with Crippen LogP contribution in [0.15, 0.2) is 78.6 Å². The molecule has 0 bridgehead atoms. The van der Waals surface area contributed by atoms with Crippen molar-refractivity contribution in [2.45, 2.75) is 12.1 Å². The fraction of sp³-hybridized carbons (Fsp3) is 0.185. The predicted octanol–water partition coefficient (Wildman–Crippen LogP) is 4.86. The molecule has 35 heavy (non-hydrogen) atoms. The first-order chi connectivity index (χ1) is 17.2. The number of ether oxygens (including phenoxy) is 4. The molecule has 6 rings (SSSR count). The summed E-state index contributed by atoms with van der Waals surface area (Å²) in [6.07, 6.45) is 1.09. The molecule has 0 saturated heterocycles. The van der Waals surface area contributed by atoms with Gasteiger partial charge < -0.3 is 24.3 Å². The van der Waals surface area contributed by atoms with Crippen molar-refractivity contribution in [1.29, 1.82) is 0 Å². The average molecular weight is 469 g/mol. The molecule has 0 unspecified atom stereocenters. The Balaban J connectivity index is 1.62. The van der Waals surface area contributed by atoms with Crippen LogP contribution in [0, 0.1) is 0 Å². The summed E-state index contributed by atoms with van der Waals surface area (Å²) in [6.45, 7) is 0. The molecule has 0 fully saturated rings. The summed E-state index contributed by atoms with van der Waals surface area (Å²) >= 11 is 0. The Hall–Kier alpha value is -4.46. The first kappa shape index (κ1) is 21.1. The summed E-state index contributed by atoms with van der Waals surface area (Å²) in [6, 6.07) is 21.5. The quantitative estimate of drug-likeness (QED) is 0.448. The molecule has 0 spiro atoms. The minimum absolute atomic E-state index is 0.274. The van der Waals surface area contributed by atoms with E-state index in [1.165, 1.54) is 0 Å². The summed E-state index contributed by atoms with van der Waals surface area (Å²) < 4.78 is 25.3. The van der Waals surface area contributed by atoms with Crippen LogP contribution in [0.3, 0.4) is 0 Å². The lowest BCUT2D eigenvalue weighted by molar-refractivity contribution is 0.217. The van der Waals surface area contributed by atoms with Gasteiger partial charge in [-0.15, -0.1) is 0 Å². The van der Waals surface area contributed by atoms with Crippen molar-refractivity contribution in [3.05, 3.63) is 95.3 Å². The highest BCUT2D eigenvalue weighted by atomic mass is 16.5. The van der Waals surface area contributed by atoms with Crippen molar-refractivity contribution in [2.75, 3.05) is 26.6 Å². The maximum Gasteiger partial charge on any atom is 0.226 e. The van der Waals surface area contributed by atoms with Crippen LogP contribution in [-0.4, -0.2) is 36.1 Å². The molecule has 1 N–H and O–H groups in total. The van der Waals surface area contributed by atoms with Crippen molar-refractivity contribution in [2.24, 2.45) is 0 Å². The molecule has 1 aromatic heterocycles. The number of rotatable bonds is 5. The largest absolute Gasteiger partial charge is 0.497 e. The molecule has 0 radical (unpaired) electrons. The molecule has 3 heterocycles. The van der Waals surface area contributed by atoms with Crippen LogP contribution in [0.5, 0.6) is 23.0 Å². The van der Waals surface area contributed by atoms with E-state index in [-0.39, 0.29) is 6.04 Å². The monoisotopic (exact) mass is 468 g/mol. The van der Waals surface area contributed by atoms with E-state index < -0.39 is 6.10 Å². The zero-order chi connectivity index (χ0) is 23.9. The van der Waals surface area contributed by atoms with Gasteiger partial charge in [0.25, 0.3) is 0 Å². The number of methoxy groups -OCH3 is 3. The van der Waals surface area contributed by atoms with E-state index >= 15 is 0 Å². The second kappa shape index (κ2) is 8.39. The zero-order valence-electron chi connectivity index (χ0n) is 19.6. The van der Waals surface area contributed by atoms with E-state index in [9.17, 15) is 0 Å². The number of para-hydroxylation sites is 1. The smallest absolute Gasteiger partial charge is 0.226 e. The molecule has 2 aliphatic heterocycles. The first-order valence-corrected chi connectivity index (χ1v) is 11.2. The van der Waals surface area contributed by atoms with Crippen LogP contribution in [-0.2, 0) is 0 Å². The molecule has 0 saturated carbocycles. The second-order valence-corrected chi connectivity index (χ2v) is 8.26. The van der Waals surface area contributed by atoms with Gasteiger partial charge in [-0.1, -0.05) is 24.3 Å². The third-order valence-electron chi connectivity index (χ3n) is 6.47. The van der Waals surface area contributed by atoms with E-state index in [1.54, 1.807) is 27.7 Å². The number of hydrogen-bond donors (Lipinski definition) is 1. The van der Waals surface area contributed by atoms with Gasteiger partial charge in [0, 0.05) is 16.7 Å². The highest BCUT2D eigenvalue weighted by Gasteiger charge is 2.42. The van der Waals surface area contributed by atoms with Crippen LogP contribution in [0.4, 0.5) is 5.95 Å². The Morgan fingerprint density at radius 3 is 2.43 bits per heavy atom. The fourth-order valence-corrected chi connectivity index (χ4v) is 4.83. The molecule has 176 valence electrons. The van der Waals surface area contributed by atoms with Crippen LogP contribution in [0.2, 0.25) is 0 Å². The maximum absolute atomic E-state index is 6.70. The Morgan fingerprint density at radius 2 is 1.66 bits per heavy atom. The summed E-state index contributed by atoms with van der Waals surface area (Å²) in [5.41, 5.74) is 4.80. The van der Waals surface area contributed by atoms with Crippen LogP contribution >= 0.6 is 0 Å². The molecule has 8 nitrogen and oxygen atoms in total. The Bertz CT molecular complexity index is 1430. The molecular weight excluding hydrogens is 444 g/mol. The van der Waals surface area contributed by atoms with E-state index in [4.69, 9.17) is 18.9 Å². The van der Waals surface area contributed by atoms with Gasteiger partial charge in [-0.05, 0) is 48.0 Å². The lowest BCUT2D eigenvalue weighted by atomic mass is 9.84. The van der Waals surface area contributed by atoms with Gasteiger partial charge in [0.1, 0.15) is 35.4 Å². The normalized spacial score (nSPS) is 17.9. The lowest BCUT2D eigenvalue weighted by Gasteiger charge is -2.39. The van der Waals surface area contributed by atoms with Crippen LogP contribution < -0.4 is 24.3 Å². The molecule has 4 aromatic rings. The lowest BCUT2D eigenvalue weighted by Crippen LogP contribution is -2.32. The summed E-state index contributed by atoms with van der Waals surface area (Å²) in [7, 11) is 4.97. The highest BCUT2D eigenvalue weighted by Crippen LogP contribution is 2.52. The van der Waals surface area contributed by atoms with Crippen molar-refractivity contribution >= 4 is 11.6 Å². The van der Waals surface area contributed by atoms with Gasteiger partial charge in [-0.25, -0.2) is 4.68 Å².